The quantitative estimate of drug-likeness (QED) is 0.717. The average molecular weight is 329 g/mol. The molecule has 0 saturated heterocycles. The van der Waals surface area contributed by atoms with E-state index in [0.29, 0.717) is 29.0 Å². The zero-order valence-corrected chi connectivity index (χ0v) is 12.9. The maximum atomic E-state index is 13.2. The van der Waals surface area contributed by atoms with Crippen LogP contribution in [0.5, 0.6) is 0 Å². The van der Waals surface area contributed by atoms with E-state index in [4.69, 9.17) is 11.6 Å². The number of benzene rings is 2. The Morgan fingerprint density at radius 2 is 1.91 bits per heavy atom. The Labute approximate surface area is 138 Å². The lowest BCUT2D eigenvalue weighted by atomic mass is 10.2. The van der Waals surface area contributed by atoms with Crippen molar-refractivity contribution in [2.75, 3.05) is 10.6 Å². The number of rotatable bonds is 5. The Bertz CT molecular complexity index is 810. The summed E-state index contributed by atoms with van der Waals surface area (Å²) in [6.45, 7) is 0.552. The van der Waals surface area contributed by atoms with Crippen molar-refractivity contribution in [3.8, 4) is 0 Å². The molecule has 0 aliphatic rings. The van der Waals surface area contributed by atoms with Gasteiger partial charge in [0.1, 0.15) is 11.6 Å². The maximum Gasteiger partial charge on any atom is 0.229 e. The second-order valence-corrected chi connectivity index (χ2v) is 5.25. The van der Waals surface area contributed by atoms with Crippen LogP contribution in [0, 0.1) is 5.82 Å². The van der Waals surface area contributed by atoms with Gasteiger partial charge in [-0.25, -0.2) is 9.37 Å². The predicted molar refractivity (Wildman–Crippen MR) is 90.5 cm³/mol. The molecule has 3 rings (SSSR count). The Kier molecular flexibility index (Phi) is 4.68. The largest absolute Gasteiger partial charge is 0.366 e. The smallest absolute Gasteiger partial charge is 0.229 e. The van der Waals surface area contributed by atoms with E-state index in [2.05, 4.69) is 20.6 Å². The van der Waals surface area contributed by atoms with Crippen LogP contribution >= 0.6 is 11.6 Å². The minimum Gasteiger partial charge on any atom is -0.366 e. The molecule has 0 fully saturated rings. The van der Waals surface area contributed by atoms with Gasteiger partial charge < -0.3 is 10.6 Å². The van der Waals surface area contributed by atoms with Gasteiger partial charge in [0.25, 0.3) is 0 Å². The van der Waals surface area contributed by atoms with Gasteiger partial charge in [-0.15, -0.1) is 0 Å². The molecule has 23 heavy (non-hydrogen) atoms. The molecule has 0 bridgehead atoms. The maximum absolute atomic E-state index is 13.2. The van der Waals surface area contributed by atoms with Crippen LogP contribution in [0.1, 0.15) is 5.56 Å². The third kappa shape index (κ3) is 4.17. The van der Waals surface area contributed by atoms with Crippen LogP contribution in [-0.4, -0.2) is 9.97 Å². The third-order valence-electron chi connectivity index (χ3n) is 3.15. The molecule has 1 aromatic heterocycles. The average Bonchev–Trinajstić information content (AvgIpc) is 2.54. The Balaban J connectivity index is 1.69. The molecule has 0 unspecified atom stereocenters. The molecule has 0 spiro atoms. The Morgan fingerprint density at radius 1 is 1.04 bits per heavy atom. The summed E-state index contributed by atoms with van der Waals surface area (Å²) < 4.78 is 13.2. The highest BCUT2D eigenvalue weighted by molar-refractivity contribution is 6.31. The van der Waals surface area contributed by atoms with Crippen LogP contribution < -0.4 is 10.6 Å². The molecule has 3 aromatic rings. The van der Waals surface area contributed by atoms with Crippen LogP contribution in [0.4, 0.5) is 21.8 Å². The van der Waals surface area contributed by atoms with Crippen LogP contribution in [0.15, 0.2) is 60.8 Å². The summed E-state index contributed by atoms with van der Waals surface area (Å²) in [5.41, 5.74) is 1.57. The van der Waals surface area contributed by atoms with Gasteiger partial charge in [0, 0.05) is 23.5 Å². The molecule has 1 heterocycles. The standard InChI is InChI=1S/C17H14ClFN4/c18-15-7-2-1-4-12(15)11-21-16-8-9-20-17(23-16)22-14-6-3-5-13(19)10-14/h1-10H,11H2,(H2,20,21,22,23). The lowest BCUT2D eigenvalue weighted by Crippen LogP contribution is -2.04. The molecule has 6 heteroatoms. The zero-order valence-electron chi connectivity index (χ0n) is 12.1. The monoisotopic (exact) mass is 328 g/mol. The number of halogens is 2. The highest BCUT2D eigenvalue weighted by atomic mass is 35.5. The van der Waals surface area contributed by atoms with E-state index in [1.54, 1.807) is 24.4 Å². The Hall–Kier alpha value is -2.66. The van der Waals surface area contributed by atoms with E-state index in [1.807, 2.05) is 24.3 Å². The predicted octanol–water partition coefficient (Wildman–Crippen LogP) is 4.62. The molecule has 0 amide bonds. The Morgan fingerprint density at radius 3 is 2.74 bits per heavy atom. The number of anilines is 3. The van der Waals surface area contributed by atoms with Crippen molar-refractivity contribution in [2.24, 2.45) is 0 Å². The first-order valence-corrected chi connectivity index (χ1v) is 7.41. The normalized spacial score (nSPS) is 10.3. The number of hydrogen-bond acceptors (Lipinski definition) is 4. The second-order valence-electron chi connectivity index (χ2n) is 4.85. The summed E-state index contributed by atoms with van der Waals surface area (Å²) >= 11 is 6.12. The van der Waals surface area contributed by atoms with Gasteiger partial charge in [0.05, 0.1) is 0 Å². The van der Waals surface area contributed by atoms with E-state index < -0.39 is 0 Å². The van der Waals surface area contributed by atoms with Crippen LogP contribution in [0.2, 0.25) is 5.02 Å². The molecule has 116 valence electrons. The van der Waals surface area contributed by atoms with Gasteiger partial charge in [-0.3, -0.25) is 0 Å². The summed E-state index contributed by atoms with van der Waals surface area (Å²) in [4.78, 5) is 8.47. The van der Waals surface area contributed by atoms with E-state index >= 15 is 0 Å². The SMILES string of the molecule is Fc1cccc(Nc2nccc(NCc3ccccc3Cl)n2)c1. The topological polar surface area (TPSA) is 49.8 Å². The number of hydrogen-bond donors (Lipinski definition) is 2. The summed E-state index contributed by atoms with van der Waals surface area (Å²) in [5.74, 6) is 0.724. The van der Waals surface area contributed by atoms with Crippen molar-refractivity contribution in [1.29, 1.82) is 0 Å². The molecular formula is C17H14ClFN4. The van der Waals surface area contributed by atoms with Crippen LogP contribution in [0.25, 0.3) is 0 Å². The molecule has 0 saturated carbocycles. The van der Waals surface area contributed by atoms with E-state index in [0.717, 1.165) is 5.56 Å². The number of nitrogens with one attached hydrogen (secondary N) is 2. The molecule has 0 radical (unpaired) electrons. The molecule has 0 aliphatic carbocycles. The van der Waals surface area contributed by atoms with Crippen LogP contribution in [0.3, 0.4) is 0 Å². The zero-order chi connectivity index (χ0) is 16.1. The fourth-order valence-corrected chi connectivity index (χ4v) is 2.24. The summed E-state index contributed by atoms with van der Waals surface area (Å²) in [6, 6.07) is 15.5. The molecule has 2 aromatic carbocycles. The number of aromatic nitrogens is 2. The fourth-order valence-electron chi connectivity index (χ4n) is 2.04. The highest BCUT2D eigenvalue weighted by Gasteiger charge is 2.03. The van der Waals surface area contributed by atoms with Gasteiger partial charge in [0.2, 0.25) is 5.95 Å². The fraction of sp³-hybridized carbons (Fsp3) is 0.0588. The summed E-state index contributed by atoms with van der Waals surface area (Å²) in [7, 11) is 0. The van der Waals surface area contributed by atoms with Gasteiger partial charge in [-0.2, -0.15) is 4.98 Å². The summed E-state index contributed by atoms with van der Waals surface area (Å²) in [5, 5.41) is 6.86. The second kappa shape index (κ2) is 7.07. The molecular weight excluding hydrogens is 315 g/mol. The van der Waals surface area contributed by atoms with Crippen molar-refractivity contribution in [3.63, 3.8) is 0 Å². The van der Waals surface area contributed by atoms with Crippen molar-refractivity contribution in [3.05, 3.63) is 77.2 Å². The van der Waals surface area contributed by atoms with Crippen molar-refractivity contribution < 1.29 is 4.39 Å². The molecule has 4 nitrogen and oxygen atoms in total. The van der Waals surface area contributed by atoms with Gasteiger partial charge in [-0.1, -0.05) is 35.9 Å². The highest BCUT2D eigenvalue weighted by Crippen LogP contribution is 2.18. The van der Waals surface area contributed by atoms with Crippen LogP contribution in [-0.2, 0) is 6.54 Å². The first-order chi connectivity index (χ1) is 11.2. The van der Waals surface area contributed by atoms with E-state index in [-0.39, 0.29) is 5.82 Å². The van der Waals surface area contributed by atoms with E-state index in [1.165, 1.54) is 12.1 Å². The number of nitrogens with zero attached hydrogens (tertiary/aromatic N) is 2. The van der Waals surface area contributed by atoms with E-state index in [9.17, 15) is 4.39 Å². The molecule has 0 atom stereocenters. The van der Waals surface area contributed by atoms with Gasteiger partial charge >= 0.3 is 0 Å². The van der Waals surface area contributed by atoms with Gasteiger partial charge in [0.15, 0.2) is 0 Å². The van der Waals surface area contributed by atoms with Crippen molar-refractivity contribution >= 4 is 29.1 Å². The summed E-state index contributed by atoms with van der Waals surface area (Å²) in [6.07, 6.45) is 1.63. The van der Waals surface area contributed by atoms with Crippen molar-refractivity contribution in [2.45, 2.75) is 6.54 Å². The van der Waals surface area contributed by atoms with Crippen molar-refractivity contribution in [1.82, 2.24) is 9.97 Å². The first kappa shape index (κ1) is 15.2. The third-order valence-corrected chi connectivity index (χ3v) is 3.52. The molecule has 2 N–H and O–H groups in total. The first-order valence-electron chi connectivity index (χ1n) is 7.03. The van der Waals surface area contributed by atoms with Gasteiger partial charge in [-0.05, 0) is 35.9 Å². The molecule has 0 aliphatic heterocycles. The lowest BCUT2D eigenvalue weighted by Gasteiger charge is -2.09. The minimum absolute atomic E-state index is 0.317. The minimum atomic E-state index is -0.317. The lowest BCUT2D eigenvalue weighted by molar-refractivity contribution is 0.628.